The molecule has 0 spiro atoms. The Kier molecular flexibility index (Phi) is 6.63. The van der Waals surface area contributed by atoms with Gasteiger partial charge >= 0.3 is 0 Å². The van der Waals surface area contributed by atoms with Gasteiger partial charge in [-0.05, 0) is 67.4 Å². The first-order valence-electron chi connectivity index (χ1n) is 11.7. The van der Waals surface area contributed by atoms with Crippen LogP contribution in [0.4, 0.5) is 23.0 Å². The van der Waals surface area contributed by atoms with Crippen LogP contribution in [0.25, 0.3) is 16.7 Å². The number of halogens is 1. The van der Waals surface area contributed by atoms with E-state index in [1.54, 1.807) is 6.20 Å². The number of nitrogens with zero attached hydrogens (tertiary/aromatic N) is 4. The Hall–Kier alpha value is -3.88. The van der Waals surface area contributed by atoms with Crippen LogP contribution in [0.5, 0.6) is 0 Å². The molecule has 0 saturated carbocycles. The number of benzene rings is 2. The van der Waals surface area contributed by atoms with Gasteiger partial charge in [-0.25, -0.2) is 4.98 Å². The number of aromatic nitrogens is 3. The average Bonchev–Trinajstić information content (AvgIpc) is 3.21. The fraction of sp³-hybridized carbons (Fsp3) is 0.222. The molecule has 9 heteroatoms. The molecule has 1 amide bonds. The first kappa shape index (κ1) is 23.8. The van der Waals surface area contributed by atoms with Crippen molar-refractivity contribution in [1.29, 1.82) is 0 Å². The molecule has 2 aromatic heterocycles. The zero-order valence-corrected chi connectivity index (χ0v) is 21.0. The Morgan fingerprint density at radius 1 is 1.14 bits per heavy atom. The molecule has 3 heterocycles. The molecule has 1 saturated heterocycles. The number of nitrogens with one attached hydrogen (secondary N) is 2. The molecule has 0 unspecified atom stereocenters. The minimum atomic E-state index is -0.248. The number of carbonyl (C=O) groups is 1. The van der Waals surface area contributed by atoms with Crippen LogP contribution in [0.3, 0.4) is 0 Å². The maximum Gasteiger partial charge on any atom is 0.247 e. The zero-order valence-electron chi connectivity index (χ0n) is 20.2. The van der Waals surface area contributed by atoms with E-state index in [9.17, 15) is 4.79 Å². The van der Waals surface area contributed by atoms with Gasteiger partial charge in [-0.3, -0.25) is 9.36 Å². The molecule has 1 aliphatic rings. The van der Waals surface area contributed by atoms with Crippen LogP contribution in [0.1, 0.15) is 11.1 Å². The number of hydrogen-bond donors (Lipinski definition) is 2. The van der Waals surface area contributed by atoms with Crippen LogP contribution in [0.15, 0.2) is 61.4 Å². The van der Waals surface area contributed by atoms with E-state index >= 15 is 0 Å². The van der Waals surface area contributed by atoms with Crippen molar-refractivity contribution in [3.63, 3.8) is 0 Å². The van der Waals surface area contributed by atoms with Gasteiger partial charge in [0.25, 0.3) is 0 Å². The van der Waals surface area contributed by atoms with E-state index in [2.05, 4.69) is 39.2 Å². The summed E-state index contributed by atoms with van der Waals surface area (Å²) in [6, 6.07) is 12.2. The molecular formula is C27H27ClN6O2. The van der Waals surface area contributed by atoms with Crippen molar-refractivity contribution in [3.8, 4) is 5.82 Å². The summed E-state index contributed by atoms with van der Waals surface area (Å²) in [7, 11) is 0. The van der Waals surface area contributed by atoms with Crippen LogP contribution in [-0.2, 0) is 9.53 Å². The molecular weight excluding hydrogens is 476 g/mol. The van der Waals surface area contributed by atoms with E-state index in [0.29, 0.717) is 16.8 Å². The van der Waals surface area contributed by atoms with Crippen molar-refractivity contribution < 1.29 is 9.53 Å². The minimum Gasteiger partial charge on any atom is -0.378 e. The average molecular weight is 503 g/mol. The summed E-state index contributed by atoms with van der Waals surface area (Å²) in [5, 5.41) is 7.57. The highest BCUT2D eigenvalue weighted by Gasteiger charge is 2.16. The summed E-state index contributed by atoms with van der Waals surface area (Å²) in [6.45, 7) is 10.8. The predicted octanol–water partition coefficient (Wildman–Crippen LogP) is 5.40. The Morgan fingerprint density at radius 3 is 2.61 bits per heavy atom. The molecule has 0 atom stereocenters. The molecule has 36 heavy (non-hydrogen) atoms. The highest BCUT2D eigenvalue weighted by molar-refractivity contribution is 6.32. The van der Waals surface area contributed by atoms with Crippen molar-refractivity contribution in [2.24, 2.45) is 0 Å². The van der Waals surface area contributed by atoms with Gasteiger partial charge in [0.15, 0.2) is 5.82 Å². The third-order valence-corrected chi connectivity index (χ3v) is 6.51. The van der Waals surface area contributed by atoms with Crippen molar-refractivity contribution in [2.45, 2.75) is 13.8 Å². The second-order valence-corrected chi connectivity index (χ2v) is 9.10. The highest BCUT2D eigenvalue weighted by Crippen LogP contribution is 2.32. The first-order valence-corrected chi connectivity index (χ1v) is 12.1. The summed E-state index contributed by atoms with van der Waals surface area (Å²) in [4.78, 5) is 23.2. The molecule has 0 radical (unpaired) electrons. The largest absolute Gasteiger partial charge is 0.378 e. The predicted molar refractivity (Wildman–Crippen MR) is 145 cm³/mol. The second-order valence-electron chi connectivity index (χ2n) is 8.70. The third kappa shape index (κ3) is 4.78. The number of ether oxygens (including phenoxy) is 1. The summed E-state index contributed by atoms with van der Waals surface area (Å²) in [6.07, 6.45) is 4.84. The molecule has 2 N–H and O–H groups in total. The number of rotatable bonds is 6. The molecule has 8 nitrogen and oxygen atoms in total. The van der Waals surface area contributed by atoms with Crippen molar-refractivity contribution in [2.75, 3.05) is 41.8 Å². The lowest BCUT2D eigenvalue weighted by Crippen LogP contribution is -2.36. The van der Waals surface area contributed by atoms with Gasteiger partial charge < -0.3 is 20.3 Å². The van der Waals surface area contributed by atoms with Crippen LogP contribution >= 0.6 is 11.6 Å². The first-order chi connectivity index (χ1) is 17.4. The van der Waals surface area contributed by atoms with E-state index in [1.165, 1.54) is 6.08 Å². The molecule has 0 aliphatic carbocycles. The number of fused-ring (bicyclic) bond motifs is 1. The topological polar surface area (TPSA) is 84.3 Å². The number of amides is 1. The lowest BCUT2D eigenvalue weighted by Gasteiger charge is -2.28. The van der Waals surface area contributed by atoms with Gasteiger partial charge in [-0.15, -0.1) is 0 Å². The Bertz CT molecular complexity index is 1440. The second kappa shape index (κ2) is 10.0. The number of hydrogen-bond acceptors (Lipinski definition) is 6. The minimum absolute atomic E-state index is 0.248. The molecule has 1 fully saturated rings. The van der Waals surface area contributed by atoms with Crippen molar-refractivity contribution in [1.82, 2.24) is 14.5 Å². The Morgan fingerprint density at radius 2 is 1.89 bits per heavy atom. The van der Waals surface area contributed by atoms with Gasteiger partial charge in [0, 0.05) is 41.7 Å². The summed E-state index contributed by atoms with van der Waals surface area (Å²) in [5.41, 5.74) is 5.66. The summed E-state index contributed by atoms with van der Waals surface area (Å²) in [5.74, 6) is 0.765. The Labute approximate surface area is 214 Å². The van der Waals surface area contributed by atoms with E-state index < -0.39 is 0 Å². The van der Waals surface area contributed by atoms with Gasteiger partial charge in [0.05, 0.1) is 24.9 Å². The van der Waals surface area contributed by atoms with Gasteiger partial charge in [0.1, 0.15) is 5.02 Å². The van der Waals surface area contributed by atoms with Gasteiger partial charge in [-0.2, -0.15) is 4.98 Å². The summed E-state index contributed by atoms with van der Waals surface area (Å²) < 4.78 is 7.39. The number of carbonyl (C=O) groups excluding carboxylic acids is 1. The smallest absolute Gasteiger partial charge is 0.247 e. The molecule has 4 aromatic rings. The van der Waals surface area contributed by atoms with Crippen LogP contribution < -0.4 is 15.5 Å². The monoisotopic (exact) mass is 502 g/mol. The summed E-state index contributed by atoms with van der Waals surface area (Å²) >= 11 is 6.55. The normalized spacial score (nSPS) is 13.6. The van der Waals surface area contributed by atoms with E-state index in [0.717, 1.165) is 65.4 Å². The van der Waals surface area contributed by atoms with Crippen molar-refractivity contribution >= 4 is 51.4 Å². The maximum atomic E-state index is 11.8. The number of morpholine rings is 1. The van der Waals surface area contributed by atoms with Crippen molar-refractivity contribution in [3.05, 3.63) is 77.6 Å². The third-order valence-electron chi connectivity index (χ3n) is 6.25. The highest BCUT2D eigenvalue weighted by atomic mass is 35.5. The fourth-order valence-electron chi connectivity index (χ4n) is 4.33. The standard InChI is InChI=1S/C27H27ClN6O2/c1-4-25(35)31-23-14-21-18(3)16-34(24(21)13-17(23)2)26-22(28)15-29-27(32-26)30-19-5-7-20(8-6-19)33-9-11-36-12-10-33/h4-8,13-16H,1,9-12H2,2-3H3,(H,31,35)(H,29,30,32). The lowest BCUT2D eigenvalue weighted by atomic mass is 10.1. The van der Waals surface area contributed by atoms with E-state index in [-0.39, 0.29) is 5.91 Å². The Balaban J connectivity index is 1.44. The molecule has 0 bridgehead atoms. The van der Waals surface area contributed by atoms with Crippen LogP contribution in [0.2, 0.25) is 5.02 Å². The van der Waals surface area contributed by atoms with Crippen LogP contribution in [-0.4, -0.2) is 46.7 Å². The fourth-order valence-corrected chi connectivity index (χ4v) is 4.51. The lowest BCUT2D eigenvalue weighted by molar-refractivity contribution is -0.111. The molecule has 2 aromatic carbocycles. The van der Waals surface area contributed by atoms with Gasteiger partial charge in [0.2, 0.25) is 11.9 Å². The van der Waals surface area contributed by atoms with Crippen LogP contribution in [0, 0.1) is 13.8 Å². The number of aryl methyl sites for hydroxylation is 2. The molecule has 184 valence electrons. The SMILES string of the molecule is C=CC(=O)Nc1cc2c(C)cn(-c3nc(Nc4ccc(N5CCOCC5)cc4)ncc3Cl)c2cc1C. The zero-order chi connectivity index (χ0) is 25.2. The number of anilines is 4. The molecule has 5 rings (SSSR count). The van der Waals surface area contributed by atoms with E-state index in [4.69, 9.17) is 21.3 Å². The maximum absolute atomic E-state index is 11.8. The molecule has 1 aliphatic heterocycles. The van der Waals surface area contributed by atoms with Gasteiger partial charge in [-0.1, -0.05) is 18.2 Å². The van der Waals surface area contributed by atoms with E-state index in [1.807, 2.05) is 48.9 Å². The quantitative estimate of drug-likeness (QED) is 0.344.